The van der Waals surface area contributed by atoms with Crippen LogP contribution in [0.5, 0.6) is 5.75 Å². The van der Waals surface area contributed by atoms with Gasteiger partial charge in [0.2, 0.25) is 11.3 Å². The third-order valence-corrected chi connectivity index (χ3v) is 5.35. The molecule has 0 saturated heterocycles. The van der Waals surface area contributed by atoms with E-state index in [1.165, 1.54) is 0 Å². The molecule has 2 N–H and O–H groups in total. The van der Waals surface area contributed by atoms with Crippen molar-refractivity contribution in [3.8, 4) is 5.75 Å². The van der Waals surface area contributed by atoms with Crippen LogP contribution in [0.25, 0.3) is 0 Å². The molecule has 1 amide bonds. The second-order valence-corrected chi connectivity index (χ2v) is 7.86. The zero-order valence-electron chi connectivity index (χ0n) is 16.3. The molecule has 0 fully saturated rings. The predicted molar refractivity (Wildman–Crippen MR) is 102 cm³/mol. The molecule has 0 aromatic heterocycles. The van der Waals surface area contributed by atoms with Gasteiger partial charge in [0, 0.05) is 16.7 Å². The molecular weight excluding hydrogens is 358 g/mol. The first-order valence-corrected chi connectivity index (χ1v) is 9.39. The quantitative estimate of drug-likeness (QED) is 0.849. The Kier molecular flexibility index (Phi) is 4.01. The van der Waals surface area contributed by atoms with Gasteiger partial charge in [-0.3, -0.25) is 10.1 Å². The average molecular weight is 381 g/mol. The minimum Gasteiger partial charge on any atom is -0.454 e. The van der Waals surface area contributed by atoms with Gasteiger partial charge in [-0.15, -0.1) is 0 Å². The first-order chi connectivity index (χ1) is 13.2. The summed E-state index contributed by atoms with van der Waals surface area (Å²) < 4.78 is 11.2. The van der Waals surface area contributed by atoms with Crippen LogP contribution in [-0.4, -0.2) is 23.1 Å². The Morgan fingerprint density at radius 1 is 1.11 bits per heavy atom. The summed E-state index contributed by atoms with van der Waals surface area (Å²) in [5.41, 5.74) is 0.262. The van der Waals surface area contributed by atoms with E-state index in [0.29, 0.717) is 22.4 Å². The zero-order valence-corrected chi connectivity index (χ0v) is 16.3. The lowest BCUT2D eigenvalue weighted by molar-refractivity contribution is -0.170. The average Bonchev–Trinajstić information content (AvgIpc) is 2.98. The summed E-state index contributed by atoms with van der Waals surface area (Å²) in [6, 6.07) is 12.1. The van der Waals surface area contributed by atoms with E-state index < -0.39 is 23.2 Å². The van der Waals surface area contributed by atoms with Crippen molar-refractivity contribution >= 4 is 11.9 Å². The van der Waals surface area contributed by atoms with Gasteiger partial charge in [-0.2, -0.15) is 0 Å². The first kappa shape index (κ1) is 18.5. The van der Waals surface area contributed by atoms with Crippen molar-refractivity contribution in [1.82, 2.24) is 5.32 Å². The molecule has 2 aromatic carbocycles. The molecule has 1 heterocycles. The molecule has 6 heteroatoms. The van der Waals surface area contributed by atoms with E-state index in [1.54, 1.807) is 44.2 Å². The molecular formula is C22H23NO5. The van der Waals surface area contributed by atoms with E-state index in [-0.39, 0.29) is 12.0 Å². The van der Waals surface area contributed by atoms with Crippen molar-refractivity contribution in [3.63, 3.8) is 0 Å². The van der Waals surface area contributed by atoms with Gasteiger partial charge in [0.25, 0.3) is 5.79 Å². The van der Waals surface area contributed by atoms with Gasteiger partial charge >= 0.3 is 6.09 Å². The topological polar surface area (TPSA) is 84.9 Å². The molecule has 4 rings (SSSR count). The number of nitrogens with one attached hydrogen (secondary N) is 1. The van der Waals surface area contributed by atoms with Crippen molar-refractivity contribution in [3.05, 3.63) is 64.7 Å². The number of carbonyl (C=O) groups is 2. The highest BCUT2D eigenvalue weighted by Gasteiger charge is 2.71. The molecule has 0 radical (unpaired) electrons. The van der Waals surface area contributed by atoms with Gasteiger partial charge in [-0.25, -0.2) is 4.79 Å². The number of hydrogen-bond donors (Lipinski definition) is 2. The SMILES string of the molecule is CC(C)OC(=O)N[C@@]12C(=O)c3ccccc3[C@]1(O)Oc1cc(C(C)C)ccc12. The highest BCUT2D eigenvalue weighted by atomic mass is 16.6. The fourth-order valence-electron chi connectivity index (χ4n) is 4.03. The smallest absolute Gasteiger partial charge is 0.408 e. The summed E-state index contributed by atoms with van der Waals surface area (Å²) in [5.74, 6) is -1.86. The van der Waals surface area contributed by atoms with Crippen LogP contribution in [0, 0.1) is 0 Å². The zero-order chi connectivity index (χ0) is 20.3. The lowest BCUT2D eigenvalue weighted by Crippen LogP contribution is -2.60. The van der Waals surface area contributed by atoms with Crippen LogP contribution >= 0.6 is 0 Å². The van der Waals surface area contributed by atoms with Gasteiger partial charge in [0.05, 0.1) is 6.10 Å². The molecule has 2 aromatic rings. The van der Waals surface area contributed by atoms with Crippen LogP contribution < -0.4 is 10.1 Å². The maximum absolute atomic E-state index is 13.5. The molecule has 0 unspecified atom stereocenters. The molecule has 146 valence electrons. The summed E-state index contributed by atoms with van der Waals surface area (Å²) in [7, 11) is 0. The molecule has 0 saturated carbocycles. The van der Waals surface area contributed by atoms with Gasteiger partial charge in [0.1, 0.15) is 5.75 Å². The number of fused-ring (bicyclic) bond motifs is 5. The third-order valence-electron chi connectivity index (χ3n) is 5.35. The van der Waals surface area contributed by atoms with Crippen LogP contribution in [0.2, 0.25) is 0 Å². The van der Waals surface area contributed by atoms with Crippen molar-refractivity contribution in [2.75, 3.05) is 0 Å². The highest BCUT2D eigenvalue weighted by Crippen LogP contribution is 2.58. The summed E-state index contributed by atoms with van der Waals surface area (Å²) in [4.78, 5) is 26.0. The molecule has 1 aliphatic heterocycles. The number of ether oxygens (including phenoxy) is 2. The summed E-state index contributed by atoms with van der Waals surface area (Å²) >= 11 is 0. The number of ketones is 1. The Labute approximate surface area is 163 Å². The molecule has 1 aliphatic carbocycles. The number of Topliss-reactive ketones (excluding diaryl/α,β-unsaturated/α-hetero) is 1. The number of rotatable bonds is 3. The fourth-order valence-corrected chi connectivity index (χ4v) is 4.03. The normalized spacial score (nSPS) is 24.6. The number of benzene rings is 2. The van der Waals surface area contributed by atoms with Crippen molar-refractivity contribution in [1.29, 1.82) is 0 Å². The Bertz CT molecular complexity index is 983. The van der Waals surface area contributed by atoms with E-state index in [0.717, 1.165) is 5.56 Å². The Hall–Kier alpha value is -2.86. The molecule has 0 spiro atoms. The predicted octanol–water partition coefficient (Wildman–Crippen LogP) is 3.57. The minimum absolute atomic E-state index is 0.238. The summed E-state index contributed by atoms with van der Waals surface area (Å²) in [6.45, 7) is 7.51. The van der Waals surface area contributed by atoms with Gasteiger partial charge in [0.15, 0.2) is 0 Å². The summed E-state index contributed by atoms with van der Waals surface area (Å²) in [6.07, 6.45) is -1.17. The Morgan fingerprint density at radius 2 is 1.82 bits per heavy atom. The van der Waals surface area contributed by atoms with Crippen molar-refractivity contribution < 1.29 is 24.2 Å². The van der Waals surface area contributed by atoms with Gasteiger partial charge in [-0.05, 0) is 31.4 Å². The standard InChI is InChI=1S/C22H23NO5/c1-12(2)14-9-10-17-18(11-14)28-22(26)16-8-6-5-7-15(16)19(24)21(17,22)23-20(25)27-13(3)4/h5-13,26H,1-4H3,(H,23,25)/t21-,22-/m0/s1. The fraction of sp³-hybridized carbons (Fsp3) is 0.364. The highest BCUT2D eigenvalue weighted by molar-refractivity contribution is 6.11. The largest absolute Gasteiger partial charge is 0.454 e. The van der Waals surface area contributed by atoms with Crippen LogP contribution in [0.1, 0.15) is 60.7 Å². The number of amides is 1. The van der Waals surface area contributed by atoms with E-state index in [4.69, 9.17) is 9.47 Å². The van der Waals surface area contributed by atoms with E-state index in [1.807, 2.05) is 26.0 Å². The number of aliphatic hydroxyl groups is 1. The van der Waals surface area contributed by atoms with Gasteiger partial charge < -0.3 is 14.6 Å². The molecule has 2 aliphatic rings. The molecule has 28 heavy (non-hydrogen) atoms. The minimum atomic E-state index is -2.05. The second kappa shape index (κ2) is 6.07. The van der Waals surface area contributed by atoms with E-state index in [9.17, 15) is 14.7 Å². The number of hydrogen-bond acceptors (Lipinski definition) is 5. The van der Waals surface area contributed by atoms with Crippen LogP contribution in [0.4, 0.5) is 4.79 Å². The second-order valence-electron chi connectivity index (χ2n) is 7.86. The third kappa shape index (κ3) is 2.31. The number of carbonyl (C=O) groups excluding carboxylic acids is 2. The maximum atomic E-state index is 13.5. The van der Waals surface area contributed by atoms with Gasteiger partial charge in [-0.1, -0.05) is 50.2 Å². The van der Waals surface area contributed by atoms with Crippen LogP contribution in [0.3, 0.4) is 0 Å². The van der Waals surface area contributed by atoms with Crippen molar-refractivity contribution in [2.24, 2.45) is 0 Å². The lowest BCUT2D eigenvalue weighted by Gasteiger charge is -2.34. The lowest BCUT2D eigenvalue weighted by atomic mass is 9.82. The van der Waals surface area contributed by atoms with Crippen LogP contribution in [0.15, 0.2) is 42.5 Å². The van der Waals surface area contributed by atoms with Crippen molar-refractivity contribution in [2.45, 2.75) is 51.0 Å². The number of alkyl carbamates (subject to hydrolysis) is 1. The molecule has 0 bridgehead atoms. The van der Waals surface area contributed by atoms with Crippen LogP contribution in [-0.2, 0) is 16.1 Å². The monoisotopic (exact) mass is 381 g/mol. The Morgan fingerprint density at radius 3 is 2.50 bits per heavy atom. The molecule has 6 nitrogen and oxygen atoms in total. The first-order valence-electron chi connectivity index (χ1n) is 9.39. The van der Waals surface area contributed by atoms with E-state index >= 15 is 0 Å². The summed E-state index contributed by atoms with van der Waals surface area (Å²) in [5, 5.41) is 14.3. The Balaban J connectivity index is 1.92. The van der Waals surface area contributed by atoms with E-state index in [2.05, 4.69) is 5.32 Å². The molecule has 2 atom stereocenters. The maximum Gasteiger partial charge on any atom is 0.408 e.